The zero-order valence-electron chi connectivity index (χ0n) is 15.3. The summed E-state index contributed by atoms with van der Waals surface area (Å²) in [5, 5.41) is 11.7. The molecule has 1 aromatic rings. The highest BCUT2D eigenvalue weighted by atomic mass is 16.5. The first kappa shape index (κ1) is 19.3. The second kappa shape index (κ2) is 8.88. The third-order valence-electron chi connectivity index (χ3n) is 5.21. The lowest BCUT2D eigenvalue weighted by Gasteiger charge is -2.29. The standard InChI is InChI=1S/C20H29NO4/c1-15-9-10-16(14-17(15)25-2)20(11-5-6-12-20)19(24)21-13-7-3-4-8-18(22)23/h9-10,14H,3-8,11-13H2,1-2H3,(H,21,24)(H,22,23). The van der Waals surface area contributed by atoms with Crippen molar-refractivity contribution >= 4 is 11.9 Å². The second-order valence-electron chi connectivity index (χ2n) is 6.93. The highest BCUT2D eigenvalue weighted by molar-refractivity contribution is 5.88. The van der Waals surface area contributed by atoms with Gasteiger partial charge in [0.2, 0.25) is 5.91 Å². The van der Waals surface area contributed by atoms with Crippen LogP contribution in [0, 0.1) is 6.92 Å². The van der Waals surface area contributed by atoms with Gasteiger partial charge in [-0.05, 0) is 49.8 Å². The molecule has 0 unspecified atom stereocenters. The van der Waals surface area contributed by atoms with Crippen molar-refractivity contribution in [3.63, 3.8) is 0 Å². The summed E-state index contributed by atoms with van der Waals surface area (Å²) in [5.74, 6) is 0.154. The summed E-state index contributed by atoms with van der Waals surface area (Å²) < 4.78 is 5.44. The molecule has 1 aromatic carbocycles. The SMILES string of the molecule is COc1cc(C2(C(=O)NCCCCCC(=O)O)CCCC2)ccc1C. The van der Waals surface area contributed by atoms with E-state index in [-0.39, 0.29) is 12.3 Å². The van der Waals surface area contributed by atoms with Crippen LogP contribution in [0.3, 0.4) is 0 Å². The number of carboxylic acids is 1. The van der Waals surface area contributed by atoms with Crippen molar-refractivity contribution in [3.05, 3.63) is 29.3 Å². The number of nitrogens with one attached hydrogen (secondary N) is 1. The number of methoxy groups -OCH3 is 1. The summed E-state index contributed by atoms with van der Waals surface area (Å²) in [5.41, 5.74) is 1.65. The number of carbonyl (C=O) groups excluding carboxylic acids is 1. The van der Waals surface area contributed by atoms with Gasteiger partial charge in [0, 0.05) is 13.0 Å². The molecule has 0 heterocycles. The van der Waals surface area contributed by atoms with Crippen LogP contribution in [0.15, 0.2) is 18.2 Å². The molecule has 5 nitrogen and oxygen atoms in total. The highest BCUT2D eigenvalue weighted by Crippen LogP contribution is 2.42. The van der Waals surface area contributed by atoms with E-state index in [1.165, 1.54) is 0 Å². The summed E-state index contributed by atoms with van der Waals surface area (Å²) in [6.45, 7) is 2.60. The summed E-state index contributed by atoms with van der Waals surface area (Å²) >= 11 is 0. The number of hydrogen-bond donors (Lipinski definition) is 2. The van der Waals surface area contributed by atoms with Crippen molar-refractivity contribution in [2.75, 3.05) is 13.7 Å². The zero-order chi connectivity index (χ0) is 18.3. The molecule has 0 spiro atoms. The van der Waals surface area contributed by atoms with E-state index in [1.54, 1.807) is 7.11 Å². The first-order chi connectivity index (χ1) is 12.0. The van der Waals surface area contributed by atoms with E-state index in [0.717, 1.165) is 55.4 Å². The minimum atomic E-state index is -0.762. The fourth-order valence-corrected chi connectivity index (χ4v) is 3.69. The molecule has 2 N–H and O–H groups in total. The number of carbonyl (C=O) groups is 2. The Kier molecular flexibility index (Phi) is 6.85. The van der Waals surface area contributed by atoms with E-state index >= 15 is 0 Å². The molecule has 138 valence electrons. The molecule has 0 aliphatic heterocycles. The van der Waals surface area contributed by atoms with Crippen LogP contribution in [-0.2, 0) is 15.0 Å². The number of carboxylic acid groups (broad SMARTS) is 1. The number of ether oxygens (including phenoxy) is 1. The van der Waals surface area contributed by atoms with Gasteiger partial charge in [0.15, 0.2) is 0 Å². The monoisotopic (exact) mass is 347 g/mol. The van der Waals surface area contributed by atoms with Crippen molar-refractivity contribution in [2.45, 2.75) is 63.7 Å². The first-order valence-electron chi connectivity index (χ1n) is 9.15. The molecule has 0 atom stereocenters. The Bertz CT molecular complexity index is 606. The predicted molar refractivity (Wildman–Crippen MR) is 97.0 cm³/mol. The van der Waals surface area contributed by atoms with Crippen molar-refractivity contribution in [1.29, 1.82) is 0 Å². The number of hydrogen-bond acceptors (Lipinski definition) is 3. The van der Waals surface area contributed by atoms with E-state index in [0.29, 0.717) is 13.0 Å². The molecule has 0 aromatic heterocycles. The molecular formula is C20H29NO4. The number of amides is 1. The van der Waals surface area contributed by atoms with Crippen LogP contribution in [-0.4, -0.2) is 30.6 Å². The van der Waals surface area contributed by atoms with Gasteiger partial charge in [-0.25, -0.2) is 0 Å². The quantitative estimate of drug-likeness (QED) is 0.670. The minimum Gasteiger partial charge on any atom is -0.496 e. The lowest BCUT2D eigenvalue weighted by molar-refractivity contribution is -0.137. The predicted octanol–water partition coefficient (Wildman–Crippen LogP) is 3.58. The summed E-state index contributed by atoms with van der Waals surface area (Å²) in [4.78, 5) is 23.5. The number of aryl methyl sites for hydroxylation is 1. The number of aliphatic carboxylic acids is 1. The van der Waals surface area contributed by atoms with Crippen molar-refractivity contribution in [1.82, 2.24) is 5.32 Å². The van der Waals surface area contributed by atoms with Gasteiger partial charge in [0.25, 0.3) is 0 Å². The fourth-order valence-electron chi connectivity index (χ4n) is 3.69. The molecule has 5 heteroatoms. The molecule has 1 saturated carbocycles. The van der Waals surface area contributed by atoms with Gasteiger partial charge in [-0.3, -0.25) is 9.59 Å². The Hall–Kier alpha value is -2.04. The van der Waals surface area contributed by atoms with E-state index in [1.807, 2.05) is 19.1 Å². The molecule has 2 rings (SSSR count). The Balaban J connectivity index is 1.99. The molecule has 0 radical (unpaired) electrons. The van der Waals surface area contributed by atoms with Crippen molar-refractivity contribution in [3.8, 4) is 5.75 Å². The molecule has 1 aliphatic carbocycles. The number of rotatable bonds is 9. The van der Waals surface area contributed by atoms with Gasteiger partial charge < -0.3 is 15.2 Å². The maximum absolute atomic E-state index is 12.9. The maximum Gasteiger partial charge on any atom is 0.303 e. The van der Waals surface area contributed by atoms with Crippen LogP contribution in [0.4, 0.5) is 0 Å². The lowest BCUT2D eigenvalue weighted by atomic mass is 9.77. The largest absolute Gasteiger partial charge is 0.496 e. The van der Waals surface area contributed by atoms with Gasteiger partial charge >= 0.3 is 5.97 Å². The number of unbranched alkanes of at least 4 members (excludes halogenated alkanes) is 2. The highest BCUT2D eigenvalue weighted by Gasteiger charge is 2.42. The topological polar surface area (TPSA) is 75.6 Å². The summed E-state index contributed by atoms with van der Waals surface area (Å²) in [6, 6.07) is 6.08. The number of benzene rings is 1. The molecule has 0 bridgehead atoms. The van der Waals surface area contributed by atoms with Crippen LogP contribution < -0.4 is 10.1 Å². The average Bonchev–Trinajstić information content (AvgIpc) is 3.09. The molecule has 1 aliphatic rings. The molecular weight excluding hydrogens is 318 g/mol. The van der Waals surface area contributed by atoms with E-state index in [9.17, 15) is 9.59 Å². The lowest BCUT2D eigenvalue weighted by Crippen LogP contribution is -2.43. The summed E-state index contributed by atoms with van der Waals surface area (Å²) in [7, 11) is 1.66. The molecule has 1 fully saturated rings. The van der Waals surface area contributed by atoms with E-state index in [2.05, 4.69) is 11.4 Å². The normalized spacial score (nSPS) is 15.8. The first-order valence-corrected chi connectivity index (χ1v) is 9.15. The van der Waals surface area contributed by atoms with Gasteiger partial charge in [-0.1, -0.05) is 31.4 Å². The average molecular weight is 347 g/mol. The zero-order valence-corrected chi connectivity index (χ0v) is 15.3. The minimum absolute atomic E-state index is 0.0918. The Morgan fingerprint density at radius 2 is 1.92 bits per heavy atom. The van der Waals surface area contributed by atoms with Crippen LogP contribution in [0.25, 0.3) is 0 Å². The van der Waals surface area contributed by atoms with Gasteiger partial charge in [-0.15, -0.1) is 0 Å². The smallest absolute Gasteiger partial charge is 0.303 e. The van der Waals surface area contributed by atoms with Crippen LogP contribution in [0.5, 0.6) is 5.75 Å². The fraction of sp³-hybridized carbons (Fsp3) is 0.600. The van der Waals surface area contributed by atoms with E-state index < -0.39 is 11.4 Å². The Morgan fingerprint density at radius 3 is 2.56 bits per heavy atom. The molecule has 1 amide bonds. The van der Waals surface area contributed by atoms with Gasteiger partial charge in [-0.2, -0.15) is 0 Å². The molecule has 25 heavy (non-hydrogen) atoms. The maximum atomic E-state index is 12.9. The van der Waals surface area contributed by atoms with Gasteiger partial charge in [0.1, 0.15) is 5.75 Å². The molecule has 0 saturated heterocycles. The van der Waals surface area contributed by atoms with Crippen LogP contribution in [0.1, 0.15) is 62.5 Å². The van der Waals surface area contributed by atoms with Crippen molar-refractivity contribution < 1.29 is 19.4 Å². The van der Waals surface area contributed by atoms with Crippen LogP contribution in [0.2, 0.25) is 0 Å². The third-order valence-corrected chi connectivity index (χ3v) is 5.21. The third kappa shape index (κ3) is 4.74. The summed E-state index contributed by atoms with van der Waals surface area (Å²) in [6.07, 6.45) is 6.33. The van der Waals surface area contributed by atoms with Crippen LogP contribution >= 0.6 is 0 Å². The van der Waals surface area contributed by atoms with E-state index in [4.69, 9.17) is 9.84 Å². The Labute approximate surface area is 149 Å². The van der Waals surface area contributed by atoms with Crippen molar-refractivity contribution in [2.24, 2.45) is 0 Å². The second-order valence-corrected chi connectivity index (χ2v) is 6.93. The Morgan fingerprint density at radius 1 is 1.20 bits per heavy atom. The van der Waals surface area contributed by atoms with Gasteiger partial charge in [0.05, 0.1) is 12.5 Å².